The molecule has 168 valence electrons. The molecule has 7 heteroatoms. The lowest BCUT2D eigenvalue weighted by Gasteiger charge is -2.35. The van der Waals surface area contributed by atoms with Crippen molar-refractivity contribution in [3.63, 3.8) is 0 Å². The number of hydrogen-bond acceptors (Lipinski definition) is 5. The second-order valence-corrected chi connectivity index (χ2v) is 8.86. The maximum absolute atomic E-state index is 12.8. The zero-order valence-corrected chi connectivity index (χ0v) is 18.9. The first-order valence-electron chi connectivity index (χ1n) is 11.5. The Balaban J connectivity index is 1.29. The van der Waals surface area contributed by atoms with Gasteiger partial charge in [0, 0.05) is 31.9 Å². The summed E-state index contributed by atoms with van der Waals surface area (Å²) in [5, 5.41) is 4.39. The molecule has 1 aromatic carbocycles. The van der Waals surface area contributed by atoms with E-state index >= 15 is 0 Å². The molecule has 0 N–H and O–H groups in total. The highest BCUT2D eigenvalue weighted by Gasteiger charge is 2.27. The van der Waals surface area contributed by atoms with Gasteiger partial charge in [-0.2, -0.15) is 5.10 Å². The van der Waals surface area contributed by atoms with Crippen LogP contribution in [0.25, 0.3) is 5.69 Å². The van der Waals surface area contributed by atoms with Gasteiger partial charge in [0.2, 0.25) is 0 Å². The number of carbonyl (C=O) groups is 1. The van der Waals surface area contributed by atoms with Crippen molar-refractivity contribution in [1.29, 1.82) is 0 Å². The fourth-order valence-electron chi connectivity index (χ4n) is 4.58. The summed E-state index contributed by atoms with van der Waals surface area (Å²) in [6, 6.07) is 8.57. The Morgan fingerprint density at radius 2 is 1.90 bits per heavy atom. The van der Waals surface area contributed by atoms with Gasteiger partial charge in [0.25, 0.3) is 5.91 Å². The molecule has 2 aromatic rings. The molecule has 2 fully saturated rings. The lowest BCUT2D eigenvalue weighted by molar-refractivity contribution is -0.0586. The molecule has 0 spiro atoms. The highest BCUT2D eigenvalue weighted by molar-refractivity contribution is 5.94. The topological polar surface area (TPSA) is 59.8 Å². The predicted molar refractivity (Wildman–Crippen MR) is 120 cm³/mol. The minimum Gasteiger partial charge on any atom is -0.494 e. The van der Waals surface area contributed by atoms with Crippen LogP contribution in [-0.4, -0.2) is 76.5 Å². The third-order valence-electron chi connectivity index (χ3n) is 6.19. The number of aromatic nitrogens is 2. The molecule has 7 nitrogen and oxygen atoms in total. The Morgan fingerprint density at radius 3 is 2.58 bits per heavy atom. The van der Waals surface area contributed by atoms with Crippen LogP contribution in [0.3, 0.4) is 0 Å². The number of rotatable bonds is 7. The number of carbonyl (C=O) groups excluding carboxylic acids is 1. The van der Waals surface area contributed by atoms with E-state index in [0.717, 1.165) is 31.0 Å². The summed E-state index contributed by atoms with van der Waals surface area (Å²) < 4.78 is 13.4. The smallest absolute Gasteiger partial charge is 0.257 e. The van der Waals surface area contributed by atoms with Crippen molar-refractivity contribution < 1.29 is 14.3 Å². The number of nitrogens with zero attached hydrogens (tertiary/aromatic N) is 4. The maximum Gasteiger partial charge on any atom is 0.257 e. The van der Waals surface area contributed by atoms with Gasteiger partial charge in [0.1, 0.15) is 5.75 Å². The zero-order valence-electron chi connectivity index (χ0n) is 18.9. The molecule has 2 saturated heterocycles. The Bertz CT molecular complexity index is 856. The first-order valence-corrected chi connectivity index (χ1v) is 11.5. The predicted octanol–water partition coefficient (Wildman–Crippen LogP) is 3.37. The van der Waals surface area contributed by atoms with Crippen LogP contribution in [0.4, 0.5) is 0 Å². The molecule has 0 aliphatic carbocycles. The molecule has 4 rings (SSSR count). The minimum atomic E-state index is 0.000485. The largest absolute Gasteiger partial charge is 0.494 e. The average molecular weight is 427 g/mol. The van der Waals surface area contributed by atoms with Crippen LogP contribution in [0, 0.1) is 0 Å². The Labute approximate surface area is 184 Å². The molecule has 3 heterocycles. The van der Waals surface area contributed by atoms with Gasteiger partial charge in [-0.25, -0.2) is 4.68 Å². The van der Waals surface area contributed by atoms with Crippen molar-refractivity contribution in [3.05, 3.63) is 42.2 Å². The number of likely N-dealkylation sites (tertiary alicyclic amines) is 1. The summed E-state index contributed by atoms with van der Waals surface area (Å²) in [4.78, 5) is 17.2. The van der Waals surface area contributed by atoms with Gasteiger partial charge in [-0.3, -0.25) is 4.79 Å². The van der Waals surface area contributed by atoms with E-state index in [-0.39, 0.29) is 18.1 Å². The van der Waals surface area contributed by atoms with E-state index < -0.39 is 0 Å². The first kappa shape index (κ1) is 21.8. The van der Waals surface area contributed by atoms with Crippen LogP contribution >= 0.6 is 0 Å². The van der Waals surface area contributed by atoms with Crippen molar-refractivity contribution in [3.8, 4) is 11.4 Å². The van der Waals surface area contributed by atoms with Gasteiger partial charge in [0.15, 0.2) is 0 Å². The SMILES string of the molecule is CC1CN(C(=O)c2cnn(-c3ccc(OCCCN4CCC[C@H]4C)cc3)c2)CC(C)O1. The molecule has 2 aliphatic heterocycles. The van der Waals surface area contributed by atoms with Gasteiger partial charge in [-0.1, -0.05) is 0 Å². The van der Waals surface area contributed by atoms with Crippen LogP contribution in [0.1, 0.15) is 50.4 Å². The summed E-state index contributed by atoms with van der Waals surface area (Å²) in [5.41, 5.74) is 1.50. The average Bonchev–Trinajstić information content (AvgIpc) is 3.40. The molecule has 1 aromatic heterocycles. The summed E-state index contributed by atoms with van der Waals surface area (Å²) in [5.74, 6) is 0.860. The van der Waals surface area contributed by atoms with Gasteiger partial charge in [0.05, 0.1) is 36.3 Å². The minimum absolute atomic E-state index is 0.000485. The van der Waals surface area contributed by atoms with Crippen molar-refractivity contribution in [2.45, 2.75) is 58.3 Å². The monoisotopic (exact) mass is 426 g/mol. The number of hydrogen-bond donors (Lipinski definition) is 0. The van der Waals surface area contributed by atoms with Crippen molar-refractivity contribution in [2.75, 3.05) is 32.8 Å². The van der Waals surface area contributed by atoms with E-state index in [1.54, 1.807) is 17.1 Å². The lowest BCUT2D eigenvalue weighted by Crippen LogP contribution is -2.48. The first-order chi connectivity index (χ1) is 15.0. The molecule has 2 aliphatic rings. The van der Waals surface area contributed by atoms with Crippen molar-refractivity contribution in [2.24, 2.45) is 0 Å². The molecular formula is C24H34N4O3. The fourth-order valence-corrected chi connectivity index (χ4v) is 4.58. The third-order valence-corrected chi connectivity index (χ3v) is 6.19. The Morgan fingerprint density at radius 1 is 1.16 bits per heavy atom. The summed E-state index contributed by atoms with van der Waals surface area (Å²) in [7, 11) is 0. The second kappa shape index (κ2) is 9.83. The second-order valence-electron chi connectivity index (χ2n) is 8.86. The summed E-state index contributed by atoms with van der Waals surface area (Å²) >= 11 is 0. The third kappa shape index (κ3) is 5.46. The molecule has 2 unspecified atom stereocenters. The van der Waals surface area contributed by atoms with Crippen molar-refractivity contribution in [1.82, 2.24) is 19.6 Å². The van der Waals surface area contributed by atoms with E-state index in [0.29, 0.717) is 24.7 Å². The molecule has 0 saturated carbocycles. The zero-order chi connectivity index (χ0) is 21.8. The molecule has 0 radical (unpaired) electrons. The van der Waals surface area contributed by atoms with Crippen LogP contribution < -0.4 is 4.74 Å². The maximum atomic E-state index is 12.8. The van der Waals surface area contributed by atoms with Crippen molar-refractivity contribution >= 4 is 5.91 Å². The summed E-state index contributed by atoms with van der Waals surface area (Å²) in [6.07, 6.45) is 7.19. The van der Waals surface area contributed by atoms with Crippen LogP contribution in [0.5, 0.6) is 5.75 Å². The van der Waals surface area contributed by atoms with E-state index in [4.69, 9.17) is 9.47 Å². The molecule has 31 heavy (non-hydrogen) atoms. The molecule has 1 amide bonds. The van der Waals surface area contributed by atoms with Gasteiger partial charge >= 0.3 is 0 Å². The van der Waals surface area contributed by atoms with Crippen LogP contribution in [-0.2, 0) is 4.74 Å². The van der Waals surface area contributed by atoms with Gasteiger partial charge < -0.3 is 19.3 Å². The fraction of sp³-hybridized carbons (Fsp3) is 0.583. The van der Waals surface area contributed by atoms with E-state index in [9.17, 15) is 4.79 Å². The van der Waals surface area contributed by atoms with Crippen LogP contribution in [0.15, 0.2) is 36.7 Å². The Kier molecular flexibility index (Phi) is 6.92. The van der Waals surface area contributed by atoms with E-state index in [2.05, 4.69) is 16.9 Å². The highest BCUT2D eigenvalue weighted by Crippen LogP contribution is 2.19. The number of amides is 1. The summed E-state index contributed by atoms with van der Waals surface area (Å²) in [6.45, 7) is 10.6. The molecule has 0 bridgehead atoms. The van der Waals surface area contributed by atoms with E-state index in [1.165, 1.54) is 19.4 Å². The highest BCUT2D eigenvalue weighted by atomic mass is 16.5. The van der Waals surface area contributed by atoms with E-state index in [1.807, 2.05) is 43.0 Å². The molecule has 3 atom stereocenters. The van der Waals surface area contributed by atoms with Crippen LogP contribution in [0.2, 0.25) is 0 Å². The number of ether oxygens (including phenoxy) is 2. The Hall–Kier alpha value is -2.38. The number of benzene rings is 1. The number of morpholine rings is 1. The van der Waals surface area contributed by atoms with Gasteiger partial charge in [-0.15, -0.1) is 0 Å². The standard InChI is InChI=1S/C24H34N4O3/c1-18-6-4-11-26(18)12-5-13-30-23-9-7-22(8-10-23)28-17-21(14-25-28)24(29)27-15-19(2)31-20(3)16-27/h7-10,14,17-20H,4-6,11-13,15-16H2,1-3H3/t18-,19?,20?/m1/s1. The normalized spacial score (nSPS) is 24.5. The van der Waals surface area contributed by atoms with Gasteiger partial charge in [-0.05, 0) is 70.8 Å². The molecular weight excluding hydrogens is 392 g/mol. The lowest BCUT2D eigenvalue weighted by atomic mass is 10.2. The quantitative estimate of drug-likeness (QED) is 0.636.